The number of hydrogen-bond donors (Lipinski definition) is 1. The van der Waals surface area contributed by atoms with Gasteiger partial charge in [-0.05, 0) is 49.2 Å². The molecule has 3 aromatic heterocycles. The normalized spacial score (nSPS) is 13.7. The van der Waals surface area contributed by atoms with Gasteiger partial charge in [-0.15, -0.1) is 0 Å². The fourth-order valence-electron chi connectivity index (χ4n) is 3.84. The molecular weight excluding hydrogens is 312 g/mol. The first-order valence-electron chi connectivity index (χ1n) is 8.62. The molecule has 1 aliphatic heterocycles. The highest BCUT2D eigenvalue weighted by Gasteiger charge is 2.28. The lowest BCUT2D eigenvalue weighted by molar-refractivity contribution is 0.0991. The van der Waals surface area contributed by atoms with E-state index in [1.165, 1.54) is 16.5 Å². The zero-order chi connectivity index (χ0) is 17.0. The number of anilines is 1. The minimum atomic E-state index is 0.0345. The minimum absolute atomic E-state index is 0.0345. The number of pyridine rings is 1. The van der Waals surface area contributed by atoms with Crippen molar-refractivity contribution in [1.29, 1.82) is 0 Å². The lowest BCUT2D eigenvalue weighted by Crippen LogP contribution is -2.28. The van der Waals surface area contributed by atoms with Crippen molar-refractivity contribution in [2.45, 2.75) is 19.9 Å². The number of nitrogens with one attached hydrogen (secondary N) is 1. The largest absolute Gasteiger partial charge is 0.348 e. The molecule has 4 aromatic rings. The molecular formula is C20H18N4O. The van der Waals surface area contributed by atoms with Crippen LogP contribution in [0.3, 0.4) is 0 Å². The monoisotopic (exact) mass is 330 g/mol. The van der Waals surface area contributed by atoms with E-state index in [1.807, 2.05) is 17.0 Å². The summed E-state index contributed by atoms with van der Waals surface area (Å²) < 4.78 is 2.24. The van der Waals surface area contributed by atoms with E-state index in [0.29, 0.717) is 5.56 Å². The first kappa shape index (κ1) is 14.3. The van der Waals surface area contributed by atoms with E-state index < -0.39 is 0 Å². The second-order valence-corrected chi connectivity index (χ2v) is 6.45. The summed E-state index contributed by atoms with van der Waals surface area (Å²) in [6.45, 7) is 3.82. The van der Waals surface area contributed by atoms with E-state index in [2.05, 4.69) is 45.9 Å². The molecule has 0 atom stereocenters. The summed E-state index contributed by atoms with van der Waals surface area (Å²) in [5, 5.41) is 2.06. The zero-order valence-electron chi connectivity index (χ0n) is 14.0. The maximum Gasteiger partial charge on any atom is 0.260 e. The van der Waals surface area contributed by atoms with Gasteiger partial charge in [-0.25, -0.2) is 4.98 Å². The van der Waals surface area contributed by atoms with Crippen LogP contribution in [0.5, 0.6) is 0 Å². The summed E-state index contributed by atoms with van der Waals surface area (Å²) in [6.07, 6.45) is 6.50. The van der Waals surface area contributed by atoms with E-state index in [4.69, 9.17) is 0 Å². The van der Waals surface area contributed by atoms with Crippen LogP contribution in [0.4, 0.5) is 5.69 Å². The Hall–Kier alpha value is -3.08. The number of nitrogens with zero attached hydrogens (tertiary/aromatic N) is 3. The first-order chi connectivity index (χ1) is 12.3. The second kappa shape index (κ2) is 5.21. The number of hydrogen-bond acceptors (Lipinski definition) is 2. The maximum atomic E-state index is 13.2. The van der Waals surface area contributed by atoms with Crippen LogP contribution in [-0.4, -0.2) is 27.0 Å². The molecule has 0 bridgehead atoms. The molecule has 0 saturated heterocycles. The Balaban J connectivity index is 1.60. The molecule has 0 aliphatic carbocycles. The van der Waals surface area contributed by atoms with Crippen molar-refractivity contribution < 1.29 is 4.79 Å². The molecule has 0 unspecified atom stereocenters. The Bertz CT molecular complexity index is 1120. The van der Waals surface area contributed by atoms with Crippen LogP contribution in [0.15, 0.2) is 48.9 Å². The van der Waals surface area contributed by atoms with E-state index in [9.17, 15) is 4.79 Å². The number of amides is 1. The smallest absolute Gasteiger partial charge is 0.260 e. The van der Waals surface area contributed by atoms with Gasteiger partial charge in [0.25, 0.3) is 5.91 Å². The van der Waals surface area contributed by atoms with Crippen molar-refractivity contribution in [3.8, 4) is 0 Å². The maximum absolute atomic E-state index is 13.2. The van der Waals surface area contributed by atoms with Crippen LogP contribution in [0.1, 0.15) is 22.8 Å². The summed E-state index contributed by atoms with van der Waals surface area (Å²) in [5.41, 5.74) is 4.95. The highest BCUT2D eigenvalue weighted by molar-refractivity contribution is 6.14. The molecule has 124 valence electrons. The summed E-state index contributed by atoms with van der Waals surface area (Å²) in [6, 6.07) is 10.3. The molecule has 4 heterocycles. The summed E-state index contributed by atoms with van der Waals surface area (Å²) in [4.78, 5) is 22.4. The third-order valence-corrected chi connectivity index (χ3v) is 5.13. The van der Waals surface area contributed by atoms with Gasteiger partial charge in [-0.2, -0.15) is 0 Å². The van der Waals surface area contributed by atoms with Gasteiger partial charge in [-0.3, -0.25) is 4.79 Å². The fourth-order valence-corrected chi connectivity index (χ4v) is 3.84. The zero-order valence-corrected chi connectivity index (χ0v) is 14.0. The number of rotatable bonds is 2. The van der Waals surface area contributed by atoms with Crippen LogP contribution < -0.4 is 4.90 Å². The van der Waals surface area contributed by atoms with Gasteiger partial charge < -0.3 is 14.5 Å². The van der Waals surface area contributed by atoms with Crippen molar-refractivity contribution in [1.82, 2.24) is 14.5 Å². The SMILES string of the molecule is CCn1ccc2cc3c(cc21)CCN3C(=O)c1c[nH]c2ncccc12. The van der Waals surface area contributed by atoms with E-state index in [1.54, 1.807) is 12.4 Å². The Labute approximate surface area is 144 Å². The van der Waals surface area contributed by atoms with Crippen LogP contribution in [-0.2, 0) is 13.0 Å². The Morgan fingerprint density at radius 1 is 1.32 bits per heavy atom. The number of aromatic amines is 1. The quantitative estimate of drug-likeness (QED) is 0.609. The average molecular weight is 330 g/mol. The highest BCUT2D eigenvalue weighted by Crippen LogP contribution is 2.34. The van der Waals surface area contributed by atoms with Crippen molar-refractivity contribution >= 4 is 33.5 Å². The summed E-state index contributed by atoms with van der Waals surface area (Å²) in [5.74, 6) is 0.0345. The first-order valence-corrected chi connectivity index (χ1v) is 8.62. The van der Waals surface area contributed by atoms with Gasteiger partial charge in [0.2, 0.25) is 0 Å². The molecule has 5 nitrogen and oxygen atoms in total. The fraction of sp³-hybridized carbons (Fsp3) is 0.200. The van der Waals surface area contributed by atoms with Crippen LogP contribution >= 0.6 is 0 Å². The van der Waals surface area contributed by atoms with Crippen LogP contribution in [0.2, 0.25) is 0 Å². The molecule has 0 radical (unpaired) electrons. The van der Waals surface area contributed by atoms with Crippen molar-refractivity contribution in [3.63, 3.8) is 0 Å². The summed E-state index contributed by atoms with van der Waals surface area (Å²) >= 11 is 0. The molecule has 5 heteroatoms. The second-order valence-electron chi connectivity index (χ2n) is 6.45. The molecule has 1 amide bonds. The van der Waals surface area contributed by atoms with Crippen molar-refractivity contribution in [2.24, 2.45) is 0 Å². The lowest BCUT2D eigenvalue weighted by atomic mass is 10.1. The van der Waals surface area contributed by atoms with Gasteiger partial charge in [0, 0.05) is 53.7 Å². The predicted molar refractivity (Wildman–Crippen MR) is 99.1 cm³/mol. The van der Waals surface area contributed by atoms with E-state index >= 15 is 0 Å². The van der Waals surface area contributed by atoms with Crippen molar-refractivity contribution in [3.05, 3.63) is 60.0 Å². The number of carbonyl (C=O) groups is 1. The standard InChI is InChI=1S/C20H18N4O/c1-2-23-8-5-13-11-18-14(10-17(13)23)6-9-24(18)20(25)16-12-22-19-15(16)4-3-7-21-19/h3-5,7-8,10-12H,2,6,9H2,1H3,(H,21,22). The van der Waals surface area contributed by atoms with Crippen molar-refractivity contribution in [2.75, 3.05) is 11.4 Å². The molecule has 0 saturated carbocycles. The van der Waals surface area contributed by atoms with Crippen LogP contribution in [0.25, 0.3) is 21.9 Å². The number of H-pyrrole nitrogens is 1. The van der Waals surface area contributed by atoms with Gasteiger partial charge >= 0.3 is 0 Å². The molecule has 1 aliphatic rings. The lowest BCUT2D eigenvalue weighted by Gasteiger charge is -2.17. The van der Waals surface area contributed by atoms with Gasteiger partial charge in [-0.1, -0.05) is 0 Å². The molecule has 1 aromatic carbocycles. The predicted octanol–water partition coefficient (Wildman–Crippen LogP) is 3.74. The average Bonchev–Trinajstić information content (AvgIpc) is 3.35. The number of aromatic nitrogens is 3. The van der Waals surface area contributed by atoms with Gasteiger partial charge in [0.1, 0.15) is 5.65 Å². The van der Waals surface area contributed by atoms with E-state index in [-0.39, 0.29) is 5.91 Å². The van der Waals surface area contributed by atoms with Gasteiger partial charge in [0.05, 0.1) is 5.56 Å². The Kier molecular flexibility index (Phi) is 2.98. The number of carbonyl (C=O) groups excluding carboxylic acids is 1. The highest BCUT2D eigenvalue weighted by atomic mass is 16.2. The van der Waals surface area contributed by atoms with E-state index in [0.717, 1.165) is 36.2 Å². The Morgan fingerprint density at radius 2 is 2.24 bits per heavy atom. The Morgan fingerprint density at radius 3 is 3.12 bits per heavy atom. The third kappa shape index (κ3) is 2.02. The van der Waals surface area contributed by atoms with Gasteiger partial charge in [0.15, 0.2) is 0 Å². The van der Waals surface area contributed by atoms with Crippen LogP contribution in [0, 0.1) is 0 Å². The topological polar surface area (TPSA) is 53.9 Å². The minimum Gasteiger partial charge on any atom is -0.348 e. The number of aryl methyl sites for hydroxylation is 1. The summed E-state index contributed by atoms with van der Waals surface area (Å²) in [7, 11) is 0. The molecule has 25 heavy (non-hydrogen) atoms. The molecule has 0 fully saturated rings. The molecule has 1 N–H and O–H groups in total. The number of fused-ring (bicyclic) bond motifs is 3. The number of benzene rings is 1. The molecule has 0 spiro atoms. The molecule has 5 rings (SSSR count). The third-order valence-electron chi connectivity index (χ3n) is 5.13.